The maximum atomic E-state index is 12.4. The molecule has 1 aliphatic heterocycles. The van der Waals surface area contributed by atoms with Gasteiger partial charge < -0.3 is 20.2 Å². The number of nitrogens with zero attached hydrogens (tertiary/aromatic N) is 1. The molecule has 0 spiro atoms. The van der Waals surface area contributed by atoms with Crippen LogP contribution in [0.15, 0.2) is 11.0 Å². The lowest BCUT2D eigenvalue weighted by Gasteiger charge is -2.30. The Hall–Kier alpha value is -1.56. The van der Waals surface area contributed by atoms with Crippen LogP contribution in [0.3, 0.4) is 0 Å². The summed E-state index contributed by atoms with van der Waals surface area (Å²) in [5.74, 6) is -0.0618. The third-order valence-corrected chi connectivity index (χ3v) is 3.90. The number of rotatable bonds is 4. The van der Waals surface area contributed by atoms with E-state index in [1.807, 2.05) is 4.90 Å². The van der Waals surface area contributed by atoms with Crippen molar-refractivity contribution in [3.8, 4) is 0 Å². The molecule has 19 heavy (non-hydrogen) atoms. The molecule has 0 radical (unpaired) electrons. The molecule has 6 heteroatoms. The highest BCUT2D eigenvalue weighted by atomic mass is 16.2. The van der Waals surface area contributed by atoms with Gasteiger partial charge in [0.1, 0.15) is 5.69 Å². The van der Waals surface area contributed by atoms with Gasteiger partial charge in [-0.25, -0.2) is 4.79 Å². The Kier molecular flexibility index (Phi) is 3.42. The Balaban J connectivity index is 1.69. The molecule has 104 valence electrons. The molecule has 1 saturated carbocycles. The van der Waals surface area contributed by atoms with Gasteiger partial charge in [-0.05, 0) is 32.2 Å². The third kappa shape index (κ3) is 2.89. The molecule has 0 bridgehead atoms. The fourth-order valence-electron chi connectivity index (χ4n) is 2.70. The molecule has 1 unspecified atom stereocenters. The normalized spacial score (nSPS) is 23.3. The average Bonchev–Trinajstić information content (AvgIpc) is 3.18. The van der Waals surface area contributed by atoms with E-state index in [1.165, 1.54) is 19.0 Å². The van der Waals surface area contributed by atoms with E-state index in [1.54, 1.807) is 0 Å². The predicted molar refractivity (Wildman–Crippen MR) is 71.1 cm³/mol. The maximum absolute atomic E-state index is 12.4. The van der Waals surface area contributed by atoms with Gasteiger partial charge in [0, 0.05) is 24.8 Å². The number of nitrogens with one attached hydrogen (secondary N) is 3. The third-order valence-electron chi connectivity index (χ3n) is 3.90. The standard InChI is InChI=1S/C13H20N4O2/c18-12(11-7-15-13(19)16-11)17(10-4-5-10)8-9-3-1-2-6-14-9/h7,9-10,14H,1-6,8H2,(H2,15,16,19). The van der Waals surface area contributed by atoms with Gasteiger partial charge in [-0.1, -0.05) is 6.42 Å². The van der Waals surface area contributed by atoms with Crippen LogP contribution in [0, 0.1) is 0 Å². The van der Waals surface area contributed by atoms with E-state index in [2.05, 4.69) is 15.3 Å². The first-order chi connectivity index (χ1) is 9.24. The molecule has 1 aromatic heterocycles. The van der Waals surface area contributed by atoms with Gasteiger partial charge in [0.05, 0.1) is 0 Å². The van der Waals surface area contributed by atoms with E-state index in [0.29, 0.717) is 17.8 Å². The zero-order valence-corrected chi connectivity index (χ0v) is 10.9. The summed E-state index contributed by atoms with van der Waals surface area (Å²) in [4.78, 5) is 30.5. The number of hydrogen-bond donors (Lipinski definition) is 3. The first-order valence-electron chi connectivity index (χ1n) is 7.06. The molecule has 1 aromatic rings. The van der Waals surface area contributed by atoms with Crippen molar-refractivity contribution in [2.45, 2.75) is 44.2 Å². The Bertz CT molecular complexity index is 497. The second kappa shape index (κ2) is 5.21. The lowest BCUT2D eigenvalue weighted by Crippen LogP contribution is -2.46. The zero-order chi connectivity index (χ0) is 13.2. The van der Waals surface area contributed by atoms with Crippen molar-refractivity contribution in [3.63, 3.8) is 0 Å². The van der Waals surface area contributed by atoms with Gasteiger partial charge in [-0.2, -0.15) is 0 Å². The maximum Gasteiger partial charge on any atom is 0.323 e. The molecular weight excluding hydrogens is 244 g/mol. The van der Waals surface area contributed by atoms with Crippen molar-refractivity contribution >= 4 is 5.91 Å². The molecule has 1 saturated heterocycles. The molecule has 1 atom stereocenters. The van der Waals surface area contributed by atoms with Crippen molar-refractivity contribution < 1.29 is 4.79 Å². The minimum absolute atomic E-state index is 0.0618. The molecular formula is C13H20N4O2. The van der Waals surface area contributed by atoms with Crippen LogP contribution >= 0.6 is 0 Å². The van der Waals surface area contributed by atoms with Crippen molar-refractivity contribution in [2.24, 2.45) is 0 Å². The first kappa shape index (κ1) is 12.5. The first-order valence-corrected chi connectivity index (χ1v) is 7.06. The number of aromatic amines is 2. The number of amides is 1. The average molecular weight is 264 g/mol. The summed E-state index contributed by atoms with van der Waals surface area (Å²) < 4.78 is 0. The van der Waals surface area contributed by atoms with Crippen molar-refractivity contribution in [3.05, 3.63) is 22.4 Å². The van der Waals surface area contributed by atoms with Crippen LogP contribution in [0.4, 0.5) is 0 Å². The number of piperidine rings is 1. The van der Waals surface area contributed by atoms with Crippen LogP contribution in [-0.4, -0.2) is 45.9 Å². The Morgan fingerprint density at radius 2 is 2.16 bits per heavy atom. The van der Waals surface area contributed by atoms with Crippen LogP contribution in [0.1, 0.15) is 42.6 Å². The van der Waals surface area contributed by atoms with Gasteiger partial charge in [0.15, 0.2) is 0 Å². The number of carbonyl (C=O) groups excluding carboxylic acids is 1. The summed E-state index contributed by atoms with van der Waals surface area (Å²) in [7, 11) is 0. The van der Waals surface area contributed by atoms with E-state index in [9.17, 15) is 9.59 Å². The Morgan fingerprint density at radius 3 is 2.74 bits per heavy atom. The van der Waals surface area contributed by atoms with E-state index in [-0.39, 0.29) is 11.6 Å². The highest BCUT2D eigenvalue weighted by Gasteiger charge is 2.35. The van der Waals surface area contributed by atoms with E-state index < -0.39 is 0 Å². The number of carbonyl (C=O) groups is 1. The minimum Gasteiger partial charge on any atom is -0.333 e. The van der Waals surface area contributed by atoms with Gasteiger partial charge in [0.25, 0.3) is 5.91 Å². The summed E-state index contributed by atoms with van der Waals surface area (Å²) >= 11 is 0. The van der Waals surface area contributed by atoms with Gasteiger partial charge in [0.2, 0.25) is 0 Å². The van der Waals surface area contributed by atoms with Gasteiger partial charge in [-0.3, -0.25) is 4.79 Å². The molecule has 2 aliphatic rings. The summed E-state index contributed by atoms with van der Waals surface area (Å²) in [5, 5.41) is 3.47. The number of aromatic nitrogens is 2. The molecule has 2 fully saturated rings. The fraction of sp³-hybridized carbons (Fsp3) is 0.692. The minimum atomic E-state index is -0.324. The highest BCUT2D eigenvalue weighted by Crippen LogP contribution is 2.28. The highest BCUT2D eigenvalue weighted by molar-refractivity contribution is 5.92. The van der Waals surface area contributed by atoms with E-state index >= 15 is 0 Å². The van der Waals surface area contributed by atoms with Crippen LogP contribution in [0.2, 0.25) is 0 Å². The van der Waals surface area contributed by atoms with Crippen LogP contribution < -0.4 is 11.0 Å². The summed E-state index contributed by atoms with van der Waals surface area (Å²) in [6.07, 6.45) is 7.19. The predicted octanol–water partition coefficient (Wildman–Crippen LogP) is 0.450. The van der Waals surface area contributed by atoms with Gasteiger partial charge >= 0.3 is 5.69 Å². The van der Waals surface area contributed by atoms with Crippen molar-refractivity contribution in [2.75, 3.05) is 13.1 Å². The van der Waals surface area contributed by atoms with Crippen LogP contribution in [-0.2, 0) is 0 Å². The molecule has 0 aromatic carbocycles. The molecule has 1 aliphatic carbocycles. The molecule has 3 N–H and O–H groups in total. The number of imidazole rings is 1. The summed E-state index contributed by atoms with van der Waals surface area (Å²) in [6, 6.07) is 0.749. The van der Waals surface area contributed by atoms with E-state index in [4.69, 9.17) is 0 Å². The van der Waals surface area contributed by atoms with E-state index in [0.717, 1.165) is 32.4 Å². The lowest BCUT2D eigenvalue weighted by atomic mass is 10.0. The molecule has 3 rings (SSSR count). The molecule has 6 nitrogen and oxygen atoms in total. The smallest absolute Gasteiger partial charge is 0.323 e. The van der Waals surface area contributed by atoms with Crippen LogP contribution in [0.25, 0.3) is 0 Å². The quantitative estimate of drug-likeness (QED) is 0.738. The van der Waals surface area contributed by atoms with Gasteiger partial charge in [-0.15, -0.1) is 0 Å². The largest absolute Gasteiger partial charge is 0.333 e. The van der Waals surface area contributed by atoms with Crippen molar-refractivity contribution in [1.82, 2.24) is 20.2 Å². The molecule has 2 heterocycles. The monoisotopic (exact) mass is 264 g/mol. The Morgan fingerprint density at radius 1 is 1.32 bits per heavy atom. The Labute approximate surface area is 111 Å². The fourth-order valence-corrected chi connectivity index (χ4v) is 2.70. The lowest BCUT2D eigenvalue weighted by molar-refractivity contribution is 0.0712. The topological polar surface area (TPSA) is 81.0 Å². The SMILES string of the molecule is O=C(c1c[nH]c(=O)[nH]1)N(CC1CCCCN1)C1CC1. The van der Waals surface area contributed by atoms with Crippen molar-refractivity contribution in [1.29, 1.82) is 0 Å². The number of H-pyrrole nitrogens is 2. The second-order valence-corrected chi connectivity index (χ2v) is 5.49. The second-order valence-electron chi connectivity index (χ2n) is 5.49. The van der Waals surface area contributed by atoms with Crippen LogP contribution in [0.5, 0.6) is 0 Å². The summed E-state index contributed by atoms with van der Waals surface area (Å²) in [6.45, 7) is 1.79. The summed E-state index contributed by atoms with van der Waals surface area (Å²) in [5.41, 5.74) is 0.0441. The molecule has 1 amide bonds. The number of hydrogen-bond acceptors (Lipinski definition) is 3. The zero-order valence-electron chi connectivity index (χ0n) is 10.9.